The average Bonchev–Trinajstić information content (AvgIpc) is 1.64. The van der Waals surface area contributed by atoms with Gasteiger partial charge in [-0.15, -0.1) is 56.7 Å². The van der Waals surface area contributed by atoms with Crippen LogP contribution >= 0.6 is 165 Å². The number of phenols is 1. The number of phenolic OH excluding ortho intramolecular Hbond substituents is 1. The zero-order chi connectivity index (χ0) is 95.9. The van der Waals surface area contributed by atoms with Crippen molar-refractivity contribution in [1.29, 1.82) is 0 Å². The molecule has 0 saturated carbocycles. The summed E-state index contributed by atoms with van der Waals surface area (Å²) in [5.41, 5.74) is 11.9. The minimum Gasteiger partial charge on any atom is -0.507 e. The lowest BCUT2D eigenvalue weighted by molar-refractivity contribution is -0.111. The molecule has 5 heterocycles. The zero-order valence-electron chi connectivity index (χ0n) is 69.3. The third kappa shape index (κ3) is 24.6. The molecule has 0 atom stereocenters. The fourth-order valence-electron chi connectivity index (χ4n) is 13.4. The summed E-state index contributed by atoms with van der Waals surface area (Å²) in [6.07, 6.45) is 3.41. The fourth-order valence-corrected chi connectivity index (χ4v) is 21.0. The lowest BCUT2D eigenvalue weighted by Crippen LogP contribution is -2.14. The fraction of sp³-hybridized carbons (Fsp3) is 0.0612. The molecule has 0 unspecified atom stereocenters. The molecule has 5 aromatic heterocycles. The highest BCUT2D eigenvalue weighted by molar-refractivity contribution is 9.10. The molecule has 0 spiro atoms. The second-order valence-electron chi connectivity index (χ2n) is 28.9. The normalized spacial score (nSPS) is 11.0. The Morgan fingerprint density at radius 2 is 0.677 bits per heavy atom. The number of benzene rings is 10. The van der Waals surface area contributed by atoms with E-state index in [4.69, 9.17) is 92.8 Å². The van der Waals surface area contributed by atoms with Crippen molar-refractivity contribution in [2.75, 3.05) is 26.6 Å². The molecule has 1 aliphatic carbocycles. The van der Waals surface area contributed by atoms with Gasteiger partial charge in [0.05, 0.1) is 78.5 Å². The number of carboxylic acids is 5. The number of carbonyl (C=O) groups excluding carboxylic acids is 5. The standard InChI is InChI=1S/C21H13Cl2NO3S.C20H15Cl2NO3S.C19H14BrNO4S.2C19H13Cl2NO3S/c22-12-6-8-15(16(23)9-12)19-18(21(26)27)17(10-28-19)24-20(25)14-7-5-11-3-1-2-4-13(11)14;1-2-11-3-5-12(6-4-11)19(24)23-16-10-27-18(17(16)20(25)26)14-8-7-13(21)9-15(14)22;1-10-2-7-15(22)13(8-10)18(23)21-14-9-26-17(16(14)19(24)25)11-3-5-12(20)6-4-11;2*1-10-3-2-4-11(7-10)18(23)22-15-9-26-17(16(15)19(24)25)13-6-5-12(20)8-14(13)21/h1-4,6-10H,5H2,(H,24,25)(H,26,27);3-10H,2H2,1H3,(H,23,24)(H,25,26);2-9,22H,1H3,(H,21,23)(H,24,25);2*2-9H,1H3,(H,22,23)(H,24,25). The van der Waals surface area contributed by atoms with E-state index in [9.17, 15) is 78.6 Å². The molecule has 0 bridgehead atoms. The van der Waals surface area contributed by atoms with Gasteiger partial charge in [0.1, 0.15) is 33.6 Å². The van der Waals surface area contributed by atoms with Crippen molar-refractivity contribution in [2.24, 2.45) is 0 Å². The number of thiophene rings is 5. The van der Waals surface area contributed by atoms with E-state index in [-0.39, 0.29) is 91.2 Å². The number of aromatic carboxylic acids is 5. The summed E-state index contributed by atoms with van der Waals surface area (Å²) in [6.45, 7) is 7.59. The highest BCUT2D eigenvalue weighted by Gasteiger charge is 2.31. The Morgan fingerprint density at radius 3 is 1.04 bits per heavy atom. The van der Waals surface area contributed by atoms with Crippen LogP contribution in [0.4, 0.5) is 28.4 Å². The minimum atomic E-state index is -1.15. The van der Waals surface area contributed by atoms with Gasteiger partial charge in [-0.3, -0.25) is 24.0 Å². The SMILES string of the molecule is CCc1ccc(C(=O)Nc2csc(-c3ccc(Cl)cc3Cl)c2C(=O)O)cc1.Cc1ccc(O)c(C(=O)Nc2csc(-c3ccc(Br)cc3)c2C(=O)O)c1.Cc1cccc(C(=O)Nc2csc(-c3ccc(Cl)cc3Cl)c2C(=O)O)c1.Cc1cccc(C(=O)Nc2csc(-c3ccc(Cl)cc3Cl)c2C(=O)O)c1.O=C(Nc1csc(-c2ccc(Cl)cc2Cl)c1C(=O)O)C1=CCc2ccccc21. The van der Waals surface area contributed by atoms with Crippen molar-refractivity contribution in [3.63, 3.8) is 0 Å². The van der Waals surface area contributed by atoms with Crippen molar-refractivity contribution >= 4 is 259 Å². The molecule has 5 amide bonds. The molecule has 0 radical (unpaired) electrons. The minimum absolute atomic E-state index is 0.000209. The van der Waals surface area contributed by atoms with Crippen LogP contribution < -0.4 is 26.6 Å². The van der Waals surface area contributed by atoms with Crippen LogP contribution in [0.3, 0.4) is 0 Å². The number of anilines is 5. The number of hydrogen-bond acceptors (Lipinski definition) is 16. The molecular formula is C98H68BrCl8N5O16S5. The summed E-state index contributed by atoms with van der Waals surface area (Å²) in [5, 5.41) is 82.9. The summed E-state index contributed by atoms with van der Waals surface area (Å²) < 4.78 is 0.887. The van der Waals surface area contributed by atoms with Crippen LogP contribution in [0.5, 0.6) is 5.75 Å². The second kappa shape index (κ2) is 45.0. The molecule has 0 saturated heterocycles. The Morgan fingerprint density at radius 1 is 0.338 bits per heavy atom. The first kappa shape index (κ1) is 99.7. The average molecular weight is 2100 g/mol. The number of amides is 5. The van der Waals surface area contributed by atoms with Crippen molar-refractivity contribution in [3.8, 4) is 58.0 Å². The molecule has 35 heteroatoms. The predicted molar refractivity (Wildman–Crippen MR) is 541 cm³/mol. The Balaban J connectivity index is 0.000000150. The second-order valence-corrected chi connectivity index (χ2v) is 37.5. The Kier molecular flexibility index (Phi) is 33.7. The molecule has 0 aliphatic heterocycles. The first-order chi connectivity index (χ1) is 63.4. The molecule has 10 aromatic carbocycles. The van der Waals surface area contributed by atoms with Crippen molar-refractivity contribution < 1.29 is 78.6 Å². The first-order valence-electron chi connectivity index (χ1n) is 39.1. The topological polar surface area (TPSA) is 352 Å². The molecule has 21 nitrogen and oxygen atoms in total. The maximum Gasteiger partial charge on any atom is 0.339 e. The number of halogens is 9. The van der Waals surface area contributed by atoms with Gasteiger partial charge < -0.3 is 57.2 Å². The number of fused-ring (bicyclic) bond motifs is 1. The maximum absolute atomic E-state index is 12.8. The van der Waals surface area contributed by atoms with Gasteiger partial charge >= 0.3 is 29.8 Å². The third-order valence-corrected chi connectivity index (χ3v) is 27.5. The zero-order valence-corrected chi connectivity index (χ0v) is 81.0. The smallest absolute Gasteiger partial charge is 0.339 e. The van der Waals surface area contributed by atoms with E-state index < -0.39 is 35.8 Å². The van der Waals surface area contributed by atoms with Crippen molar-refractivity contribution in [3.05, 3.63) is 373 Å². The quantitative estimate of drug-likeness (QED) is 0.0318. The van der Waals surface area contributed by atoms with Crippen LogP contribution in [0.25, 0.3) is 57.8 Å². The molecule has 674 valence electrons. The summed E-state index contributed by atoms with van der Waals surface area (Å²) in [7, 11) is 0. The largest absolute Gasteiger partial charge is 0.507 e. The molecule has 16 rings (SSSR count). The van der Waals surface area contributed by atoms with Gasteiger partial charge in [0.15, 0.2) is 0 Å². The number of rotatable bonds is 21. The van der Waals surface area contributed by atoms with Gasteiger partial charge in [-0.2, -0.15) is 0 Å². The van der Waals surface area contributed by atoms with E-state index in [2.05, 4.69) is 42.5 Å². The van der Waals surface area contributed by atoms with Gasteiger partial charge in [0, 0.05) is 96.0 Å². The summed E-state index contributed by atoms with van der Waals surface area (Å²) in [4.78, 5) is 124. The van der Waals surface area contributed by atoms with E-state index in [1.54, 1.807) is 179 Å². The van der Waals surface area contributed by atoms with Crippen LogP contribution in [-0.4, -0.2) is 90.0 Å². The Bertz CT molecular complexity index is 6970. The van der Waals surface area contributed by atoms with Crippen LogP contribution in [0, 0.1) is 20.8 Å². The van der Waals surface area contributed by atoms with Gasteiger partial charge in [-0.1, -0.05) is 242 Å². The van der Waals surface area contributed by atoms with E-state index in [1.807, 2.05) is 87.5 Å². The van der Waals surface area contributed by atoms with Crippen LogP contribution in [-0.2, 0) is 17.6 Å². The third-order valence-electron chi connectivity index (χ3n) is 19.7. The summed E-state index contributed by atoms with van der Waals surface area (Å²) in [6, 6.07) is 60.3. The molecular weight excluding hydrogens is 2030 g/mol. The number of carboxylic acid groups (broad SMARTS) is 5. The van der Waals surface area contributed by atoms with E-state index in [0.717, 1.165) is 49.8 Å². The molecule has 11 N–H and O–H groups in total. The number of aromatic hydroxyl groups is 1. The summed E-state index contributed by atoms with van der Waals surface area (Å²) in [5.74, 6) is -7.88. The van der Waals surface area contributed by atoms with Gasteiger partial charge in [0.25, 0.3) is 29.5 Å². The maximum atomic E-state index is 12.8. The molecule has 15 aromatic rings. The number of carbonyl (C=O) groups is 10. The van der Waals surface area contributed by atoms with Gasteiger partial charge in [-0.25, -0.2) is 24.0 Å². The van der Waals surface area contributed by atoms with E-state index in [0.29, 0.717) is 116 Å². The van der Waals surface area contributed by atoms with Crippen molar-refractivity contribution in [1.82, 2.24) is 0 Å². The lowest BCUT2D eigenvalue weighted by atomic mass is 10.0. The number of nitrogens with one attached hydrogen (secondary N) is 5. The molecule has 0 fully saturated rings. The monoisotopic (exact) mass is 2090 g/mol. The first-order valence-corrected chi connectivity index (χ1v) is 47.4. The Labute approximate surface area is 828 Å². The molecule has 133 heavy (non-hydrogen) atoms. The number of hydrogen-bond donors (Lipinski definition) is 11. The van der Waals surface area contributed by atoms with Crippen LogP contribution in [0.15, 0.2) is 250 Å². The van der Waals surface area contributed by atoms with Crippen LogP contribution in [0.2, 0.25) is 40.2 Å². The van der Waals surface area contributed by atoms with Crippen LogP contribution in [0.1, 0.15) is 134 Å². The van der Waals surface area contributed by atoms with Gasteiger partial charge in [-0.05, 0) is 165 Å². The number of aryl methyl sites for hydroxylation is 4. The van der Waals surface area contributed by atoms with Gasteiger partial charge in [0.2, 0.25) is 0 Å². The lowest BCUT2D eigenvalue weighted by Gasteiger charge is -2.09. The van der Waals surface area contributed by atoms with E-state index >= 15 is 0 Å². The number of allylic oxidation sites excluding steroid dienone is 1. The predicted octanol–water partition coefficient (Wildman–Crippen LogP) is 29.3. The summed E-state index contributed by atoms with van der Waals surface area (Å²) >= 11 is 57.9. The highest BCUT2D eigenvalue weighted by atomic mass is 79.9. The Hall–Kier alpha value is -12.3. The molecule has 1 aliphatic rings. The highest BCUT2D eigenvalue weighted by Crippen LogP contribution is 2.47. The van der Waals surface area contributed by atoms with Crippen molar-refractivity contribution in [2.45, 2.75) is 40.5 Å². The van der Waals surface area contributed by atoms with E-state index in [1.165, 1.54) is 62.8 Å².